The van der Waals surface area contributed by atoms with E-state index in [-0.39, 0.29) is 5.91 Å². The van der Waals surface area contributed by atoms with Crippen molar-refractivity contribution in [3.63, 3.8) is 0 Å². The number of benzene rings is 1. The summed E-state index contributed by atoms with van der Waals surface area (Å²) in [5.74, 6) is -0.177. The van der Waals surface area contributed by atoms with Crippen molar-refractivity contribution < 1.29 is 9.53 Å². The van der Waals surface area contributed by atoms with Crippen molar-refractivity contribution in [3.05, 3.63) is 45.4 Å². The molecular weight excluding hydrogens is 284 g/mol. The number of ether oxygens (including phenoxy) is 1. The first-order valence-corrected chi connectivity index (χ1v) is 7.05. The van der Waals surface area contributed by atoms with E-state index < -0.39 is 0 Å². The fourth-order valence-electron chi connectivity index (χ4n) is 1.85. The normalized spacial score (nSPS) is 13.9. The minimum absolute atomic E-state index is 0.177. The molecule has 1 amide bonds. The Morgan fingerprint density at radius 2 is 2.16 bits per heavy atom. The summed E-state index contributed by atoms with van der Waals surface area (Å²) in [4.78, 5) is 17.5. The van der Waals surface area contributed by atoms with Gasteiger partial charge in [0.15, 0.2) is 5.13 Å². The molecule has 0 bridgehead atoms. The Labute approximate surface area is 119 Å². The molecule has 0 saturated heterocycles. The lowest BCUT2D eigenvalue weighted by atomic mass is 10.2. The van der Waals surface area contributed by atoms with E-state index in [0.29, 0.717) is 28.9 Å². The van der Waals surface area contributed by atoms with Crippen molar-refractivity contribution in [2.45, 2.75) is 13.0 Å². The van der Waals surface area contributed by atoms with E-state index in [4.69, 9.17) is 16.3 Å². The number of amides is 1. The van der Waals surface area contributed by atoms with Crippen LogP contribution in [0.15, 0.2) is 24.3 Å². The lowest BCUT2D eigenvalue weighted by molar-refractivity contribution is 0.102. The van der Waals surface area contributed by atoms with Gasteiger partial charge in [0.1, 0.15) is 0 Å². The van der Waals surface area contributed by atoms with Crippen LogP contribution < -0.4 is 5.32 Å². The smallest absolute Gasteiger partial charge is 0.257 e. The van der Waals surface area contributed by atoms with Crippen molar-refractivity contribution in [2.75, 3.05) is 11.9 Å². The molecule has 0 spiro atoms. The molecule has 0 aliphatic carbocycles. The van der Waals surface area contributed by atoms with Gasteiger partial charge >= 0.3 is 0 Å². The van der Waals surface area contributed by atoms with E-state index >= 15 is 0 Å². The van der Waals surface area contributed by atoms with Crippen molar-refractivity contribution in [3.8, 4) is 0 Å². The van der Waals surface area contributed by atoms with Gasteiger partial charge in [-0.1, -0.05) is 22.9 Å². The van der Waals surface area contributed by atoms with Crippen LogP contribution in [0.5, 0.6) is 0 Å². The Bertz CT molecular complexity index is 586. The highest BCUT2D eigenvalue weighted by molar-refractivity contribution is 7.15. The van der Waals surface area contributed by atoms with E-state index in [9.17, 15) is 4.79 Å². The zero-order chi connectivity index (χ0) is 13.2. The number of halogens is 1. The number of rotatable bonds is 2. The zero-order valence-electron chi connectivity index (χ0n) is 9.98. The maximum atomic E-state index is 12.0. The highest BCUT2D eigenvalue weighted by Crippen LogP contribution is 2.27. The monoisotopic (exact) mass is 294 g/mol. The van der Waals surface area contributed by atoms with E-state index in [0.717, 1.165) is 17.0 Å². The molecule has 1 aliphatic rings. The Hall–Kier alpha value is -1.43. The molecule has 1 N–H and O–H groups in total. The summed E-state index contributed by atoms with van der Waals surface area (Å²) in [6.07, 6.45) is 0.808. The Morgan fingerprint density at radius 1 is 1.37 bits per heavy atom. The number of aromatic nitrogens is 1. The summed E-state index contributed by atoms with van der Waals surface area (Å²) >= 11 is 7.26. The SMILES string of the molecule is O=C(Nc1nc2c(s1)COCC2)c1ccc(Cl)cc1. The van der Waals surface area contributed by atoms with Gasteiger partial charge in [-0.2, -0.15) is 0 Å². The molecule has 1 aliphatic heterocycles. The number of fused-ring (bicyclic) bond motifs is 1. The predicted molar refractivity (Wildman–Crippen MR) is 74.9 cm³/mol. The lowest BCUT2D eigenvalue weighted by Crippen LogP contribution is -2.11. The summed E-state index contributed by atoms with van der Waals surface area (Å²) in [7, 11) is 0. The third-order valence-electron chi connectivity index (χ3n) is 2.82. The van der Waals surface area contributed by atoms with E-state index in [1.54, 1.807) is 24.3 Å². The minimum Gasteiger partial charge on any atom is -0.375 e. The summed E-state index contributed by atoms with van der Waals surface area (Å²) < 4.78 is 5.36. The number of hydrogen-bond donors (Lipinski definition) is 1. The number of nitrogens with one attached hydrogen (secondary N) is 1. The molecule has 3 rings (SSSR count). The van der Waals surface area contributed by atoms with Crippen LogP contribution in [0, 0.1) is 0 Å². The molecule has 0 atom stereocenters. The zero-order valence-corrected chi connectivity index (χ0v) is 11.6. The van der Waals surface area contributed by atoms with Gasteiger partial charge in [-0.25, -0.2) is 4.98 Å². The average Bonchev–Trinajstić information content (AvgIpc) is 2.81. The molecular formula is C13H11ClN2O2S. The first-order valence-electron chi connectivity index (χ1n) is 5.85. The summed E-state index contributed by atoms with van der Waals surface area (Å²) in [5.41, 5.74) is 1.59. The largest absolute Gasteiger partial charge is 0.375 e. The molecule has 19 heavy (non-hydrogen) atoms. The molecule has 1 aromatic heterocycles. The van der Waals surface area contributed by atoms with E-state index in [2.05, 4.69) is 10.3 Å². The van der Waals surface area contributed by atoms with Crippen molar-refractivity contribution >= 4 is 34.0 Å². The summed E-state index contributed by atoms with van der Waals surface area (Å²) in [6, 6.07) is 6.76. The van der Waals surface area contributed by atoms with Crippen LogP contribution in [0.25, 0.3) is 0 Å². The quantitative estimate of drug-likeness (QED) is 0.926. The first kappa shape index (κ1) is 12.6. The molecule has 0 saturated carbocycles. The van der Waals surface area contributed by atoms with Gasteiger partial charge in [-0.15, -0.1) is 0 Å². The topological polar surface area (TPSA) is 51.2 Å². The third-order valence-corrected chi connectivity index (χ3v) is 4.06. The maximum Gasteiger partial charge on any atom is 0.257 e. The second-order valence-corrected chi connectivity index (χ2v) is 5.67. The fourth-order valence-corrected chi connectivity index (χ4v) is 2.92. The van der Waals surface area contributed by atoms with Crippen molar-refractivity contribution in [1.29, 1.82) is 0 Å². The van der Waals surface area contributed by atoms with Crippen LogP contribution >= 0.6 is 22.9 Å². The van der Waals surface area contributed by atoms with Gasteiger partial charge in [-0.05, 0) is 24.3 Å². The Balaban J connectivity index is 1.75. The van der Waals surface area contributed by atoms with Crippen LogP contribution in [0.4, 0.5) is 5.13 Å². The standard InChI is InChI=1S/C13H11ClN2O2S/c14-9-3-1-8(2-4-9)12(17)16-13-15-10-5-6-18-7-11(10)19-13/h1-4H,5-7H2,(H,15,16,17). The van der Waals surface area contributed by atoms with Crippen LogP contribution in [0.1, 0.15) is 20.9 Å². The van der Waals surface area contributed by atoms with E-state index in [1.165, 1.54) is 11.3 Å². The maximum absolute atomic E-state index is 12.0. The van der Waals surface area contributed by atoms with Gasteiger partial charge in [0.05, 0.1) is 23.8 Å². The average molecular weight is 295 g/mol. The number of anilines is 1. The summed E-state index contributed by atoms with van der Waals surface area (Å²) in [5, 5.41) is 4.04. The number of carbonyl (C=O) groups is 1. The molecule has 2 aromatic rings. The Kier molecular flexibility index (Phi) is 3.50. The number of thiazole rings is 1. The molecule has 0 radical (unpaired) electrons. The van der Waals surface area contributed by atoms with Gasteiger partial charge in [0, 0.05) is 17.0 Å². The van der Waals surface area contributed by atoms with E-state index in [1.807, 2.05) is 0 Å². The van der Waals surface area contributed by atoms with Crippen LogP contribution in [0.2, 0.25) is 5.02 Å². The van der Waals surface area contributed by atoms with Gasteiger partial charge in [-0.3, -0.25) is 10.1 Å². The van der Waals surface area contributed by atoms with Crippen LogP contribution in [0.3, 0.4) is 0 Å². The van der Waals surface area contributed by atoms with Crippen molar-refractivity contribution in [2.24, 2.45) is 0 Å². The highest BCUT2D eigenvalue weighted by atomic mass is 35.5. The van der Waals surface area contributed by atoms with Crippen molar-refractivity contribution in [1.82, 2.24) is 4.98 Å². The second-order valence-electron chi connectivity index (χ2n) is 4.15. The highest BCUT2D eigenvalue weighted by Gasteiger charge is 2.17. The van der Waals surface area contributed by atoms with Crippen LogP contribution in [-0.4, -0.2) is 17.5 Å². The second kappa shape index (κ2) is 5.28. The molecule has 1 aromatic carbocycles. The van der Waals surface area contributed by atoms with Gasteiger partial charge in [0.25, 0.3) is 5.91 Å². The molecule has 2 heterocycles. The molecule has 4 nitrogen and oxygen atoms in total. The lowest BCUT2D eigenvalue weighted by Gasteiger charge is -2.08. The van der Waals surface area contributed by atoms with Gasteiger partial charge in [0.2, 0.25) is 0 Å². The fraction of sp³-hybridized carbons (Fsp3) is 0.231. The van der Waals surface area contributed by atoms with Crippen LogP contribution in [-0.2, 0) is 17.8 Å². The Morgan fingerprint density at radius 3 is 2.89 bits per heavy atom. The first-order chi connectivity index (χ1) is 9.22. The van der Waals surface area contributed by atoms with Gasteiger partial charge < -0.3 is 4.74 Å². The minimum atomic E-state index is -0.177. The number of hydrogen-bond acceptors (Lipinski definition) is 4. The molecule has 98 valence electrons. The molecule has 0 unspecified atom stereocenters. The number of nitrogens with zero attached hydrogens (tertiary/aromatic N) is 1. The predicted octanol–water partition coefficient (Wildman–Crippen LogP) is 3.12. The molecule has 6 heteroatoms. The number of carbonyl (C=O) groups excluding carboxylic acids is 1. The third kappa shape index (κ3) is 2.78. The summed E-state index contributed by atoms with van der Waals surface area (Å²) in [6.45, 7) is 1.28. The molecule has 0 fully saturated rings.